The Balaban J connectivity index is 1.38. The lowest BCUT2D eigenvalue weighted by atomic mass is 10.1. The maximum Gasteiger partial charge on any atom is 0.271 e. The number of carbonyl (C=O) groups excluding carboxylic acids is 2. The van der Waals surface area contributed by atoms with Crippen LogP contribution < -0.4 is 5.32 Å². The van der Waals surface area contributed by atoms with Gasteiger partial charge in [0.2, 0.25) is 0 Å². The standard InChI is InChI=1S/C26H26N4O2S/c1-17-9-10-20(13-18(17)2)24(31)27-21-8-6-7-19(14-21)22-15-30-23(16-33-26(30)28-22)25(32)29-11-4-3-5-12-29/h6-10,13-16H,3-5,11-12H2,1-2H3,(H,27,31). The number of thiazole rings is 1. The summed E-state index contributed by atoms with van der Waals surface area (Å²) in [5.41, 5.74) is 5.91. The number of nitrogens with zero attached hydrogens (tertiary/aromatic N) is 3. The minimum atomic E-state index is -0.143. The number of likely N-dealkylation sites (tertiary alicyclic amines) is 1. The molecule has 1 fully saturated rings. The lowest BCUT2D eigenvalue weighted by Crippen LogP contribution is -2.36. The summed E-state index contributed by atoms with van der Waals surface area (Å²) in [4.78, 5) is 33.2. The number of hydrogen-bond donors (Lipinski definition) is 1. The number of anilines is 1. The Morgan fingerprint density at radius 1 is 1.00 bits per heavy atom. The number of piperidine rings is 1. The topological polar surface area (TPSA) is 66.7 Å². The van der Waals surface area contributed by atoms with Gasteiger partial charge in [0.05, 0.1) is 5.69 Å². The van der Waals surface area contributed by atoms with Crippen LogP contribution in [0.25, 0.3) is 16.2 Å². The summed E-state index contributed by atoms with van der Waals surface area (Å²) in [6, 6.07) is 13.3. The monoisotopic (exact) mass is 458 g/mol. The van der Waals surface area contributed by atoms with Crippen molar-refractivity contribution in [3.05, 3.63) is 76.4 Å². The largest absolute Gasteiger partial charge is 0.337 e. The number of hydrogen-bond acceptors (Lipinski definition) is 4. The molecule has 0 radical (unpaired) electrons. The van der Waals surface area contributed by atoms with Crippen LogP contribution in [0, 0.1) is 13.8 Å². The zero-order valence-electron chi connectivity index (χ0n) is 18.8. The second-order valence-corrected chi connectivity index (χ2v) is 9.42. The molecule has 7 heteroatoms. The zero-order chi connectivity index (χ0) is 22.9. The Morgan fingerprint density at radius 3 is 2.61 bits per heavy atom. The van der Waals surface area contributed by atoms with E-state index in [4.69, 9.17) is 4.98 Å². The molecule has 1 aliphatic heterocycles. The molecule has 4 aromatic rings. The fourth-order valence-electron chi connectivity index (χ4n) is 4.18. The third-order valence-corrected chi connectivity index (χ3v) is 7.10. The molecular formula is C26H26N4O2S. The molecule has 0 atom stereocenters. The summed E-state index contributed by atoms with van der Waals surface area (Å²) in [7, 11) is 0. The predicted octanol–water partition coefficient (Wildman–Crippen LogP) is 5.56. The highest BCUT2D eigenvalue weighted by atomic mass is 32.1. The Kier molecular flexibility index (Phi) is 5.72. The van der Waals surface area contributed by atoms with Gasteiger partial charge in [0.15, 0.2) is 4.96 Å². The van der Waals surface area contributed by atoms with Crippen LogP contribution in [0.2, 0.25) is 0 Å². The molecule has 2 aromatic carbocycles. The van der Waals surface area contributed by atoms with Crippen molar-refractivity contribution in [1.82, 2.24) is 14.3 Å². The average molecular weight is 459 g/mol. The van der Waals surface area contributed by atoms with Gasteiger partial charge in [-0.1, -0.05) is 18.2 Å². The number of imidazole rings is 1. The Morgan fingerprint density at radius 2 is 1.82 bits per heavy atom. The van der Waals surface area contributed by atoms with Crippen molar-refractivity contribution in [2.45, 2.75) is 33.1 Å². The van der Waals surface area contributed by atoms with Crippen LogP contribution in [0.1, 0.15) is 51.2 Å². The van der Waals surface area contributed by atoms with Gasteiger partial charge in [-0.2, -0.15) is 0 Å². The summed E-state index contributed by atoms with van der Waals surface area (Å²) in [6.07, 6.45) is 5.23. The van der Waals surface area contributed by atoms with E-state index in [9.17, 15) is 9.59 Å². The van der Waals surface area contributed by atoms with Crippen LogP contribution in [0.15, 0.2) is 54.0 Å². The quantitative estimate of drug-likeness (QED) is 0.435. The first-order valence-electron chi connectivity index (χ1n) is 11.2. The number of amides is 2. The molecule has 2 aromatic heterocycles. The summed E-state index contributed by atoms with van der Waals surface area (Å²) in [5, 5.41) is 4.88. The molecule has 33 heavy (non-hydrogen) atoms. The Bertz CT molecular complexity index is 1350. The number of benzene rings is 2. The molecule has 0 unspecified atom stereocenters. The van der Waals surface area contributed by atoms with E-state index in [0.717, 1.165) is 53.3 Å². The van der Waals surface area contributed by atoms with Crippen molar-refractivity contribution in [3.63, 3.8) is 0 Å². The first-order chi connectivity index (χ1) is 16.0. The first-order valence-corrected chi connectivity index (χ1v) is 12.1. The van der Waals surface area contributed by atoms with Gasteiger partial charge in [-0.3, -0.25) is 14.0 Å². The van der Waals surface area contributed by atoms with Crippen molar-refractivity contribution < 1.29 is 9.59 Å². The van der Waals surface area contributed by atoms with Crippen molar-refractivity contribution in [1.29, 1.82) is 0 Å². The summed E-state index contributed by atoms with van der Waals surface area (Å²) < 4.78 is 1.89. The molecule has 1 saturated heterocycles. The van der Waals surface area contributed by atoms with Gasteiger partial charge < -0.3 is 10.2 Å². The molecular weight excluding hydrogens is 432 g/mol. The number of fused-ring (bicyclic) bond motifs is 1. The molecule has 1 aliphatic rings. The smallest absolute Gasteiger partial charge is 0.271 e. The lowest BCUT2D eigenvalue weighted by Gasteiger charge is -2.26. The number of aromatic nitrogens is 2. The van der Waals surface area contributed by atoms with Gasteiger partial charge >= 0.3 is 0 Å². The third kappa shape index (κ3) is 4.28. The maximum absolute atomic E-state index is 13.0. The van der Waals surface area contributed by atoms with Gasteiger partial charge in [0, 0.05) is 41.5 Å². The highest BCUT2D eigenvalue weighted by Crippen LogP contribution is 2.27. The van der Waals surface area contributed by atoms with Crippen LogP contribution in [0.4, 0.5) is 5.69 Å². The van der Waals surface area contributed by atoms with Crippen LogP contribution in [0.3, 0.4) is 0 Å². The van der Waals surface area contributed by atoms with E-state index in [0.29, 0.717) is 16.9 Å². The van der Waals surface area contributed by atoms with Crippen LogP contribution in [-0.4, -0.2) is 39.2 Å². The number of carbonyl (C=O) groups is 2. The van der Waals surface area contributed by atoms with E-state index in [1.54, 1.807) is 0 Å². The molecule has 5 rings (SSSR count). The van der Waals surface area contributed by atoms with Crippen LogP contribution >= 0.6 is 11.3 Å². The van der Waals surface area contributed by atoms with Gasteiger partial charge in [-0.15, -0.1) is 11.3 Å². The molecule has 0 bridgehead atoms. The van der Waals surface area contributed by atoms with Crippen LogP contribution in [-0.2, 0) is 0 Å². The van der Waals surface area contributed by atoms with Gasteiger partial charge in [-0.25, -0.2) is 4.98 Å². The van der Waals surface area contributed by atoms with Crippen molar-refractivity contribution in [2.24, 2.45) is 0 Å². The highest BCUT2D eigenvalue weighted by molar-refractivity contribution is 7.15. The van der Waals surface area contributed by atoms with E-state index >= 15 is 0 Å². The maximum atomic E-state index is 13.0. The van der Waals surface area contributed by atoms with E-state index in [1.165, 1.54) is 17.8 Å². The third-order valence-electron chi connectivity index (χ3n) is 6.26. The van der Waals surface area contributed by atoms with E-state index < -0.39 is 0 Å². The number of aryl methyl sites for hydroxylation is 2. The Hall–Kier alpha value is -3.45. The van der Waals surface area contributed by atoms with Gasteiger partial charge in [-0.05, 0) is 68.5 Å². The van der Waals surface area contributed by atoms with E-state index in [-0.39, 0.29) is 11.8 Å². The van der Waals surface area contributed by atoms with Crippen molar-refractivity contribution in [3.8, 4) is 11.3 Å². The molecule has 6 nitrogen and oxygen atoms in total. The molecule has 0 spiro atoms. The average Bonchev–Trinajstić information content (AvgIpc) is 3.42. The number of nitrogens with one attached hydrogen (secondary N) is 1. The second-order valence-electron chi connectivity index (χ2n) is 8.59. The summed E-state index contributed by atoms with van der Waals surface area (Å²) >= 11 is 1.47. The minimum absolute atomic E-state index is 0.0688. The first kappa shape index (κ1) is 21.4. The summed E-state index contributed by atoms with van der Waals surface area (Å²) in [5.74, 6) is -0.0743. The van der Waals surface area contributed by atoms with Gasteiger partial charge in [0.1, 0.15) is 5.69 Å². The Labute approximate surface area is 196 Å². The molecule has 168 valence electrons. The van der Waals surface area contributed by atoms with E-state index in [1.807, 2.05) is 77.2 Å². The molecule has 0 saturated carbocycles. The molecule has 1 N–H and O–H groups in total. The minimum Gasteiger partial charge on any atom is -0.337 e. The number of rotatable bonds is 4. The fraction of sp³-hybridized carbons (Fsp3) is 0.269. The van der Waals surface area contributed by atoms with Crippen molar-refractivity contribution in [2.75, 3.05) is 18.4 Å². The van der Waals surface area contributed by atoms with Crippen LogP contribution in [0.5, 0.6) is 0 Å². The highest BCUT2D eigenvalue weighted by Gasteiger charge is 2.22. The molecule has 3 heterocycles. The molecule has 2 amide bonds. The van der Waals surface area contributed by atoms with Gasteiger partial charge in [0.25, 0.3) is 11.8 Å². The SMILES string of the molecule is Cc1ccc(C(=O)Nc2cccc(-c3cn4c(C(=O)N5CCCCC5)csc4n3)c2)cc1C. The van der Waals surface area contributed by atoms with Crippen molar-refractivity contribution >= 4 is 33.8 Å². The molecule has 0 aliphatic carbocycles. The lowest BCUT2D eigenvalue weighted by molar-refractivity contribution is 0.0717. The summed E-state index contributed by atoms with van der Waals surface area (Å²) in [6.45, 7) is 5.67. The predicted molar refractivity (Wildman–Crippen MR) is 132 cm³/mol. The second kappa shape index (κ2) is 8.83. The fourth-order valence-corrected chi connectivity index (χ4v) is 5.03. The zero-order valence-corrected chi connectivity index (χ0v) is 19.6. The normalized spacial score (nSPS) is 13.9. The van der Waals surface area contributed by atoms with E-state index in [2.05, 4.69) is 5.32 Å².